The number of halogens is 3. The Hall–Kier alpha value is -1.89. The van der Waals surface area contributed by atoms with Crippen molar-refractivity contribution >= 4 is 15.9 Å². The van der Waals surface area contributed by atoms with Crippen LogP contribution in [-0.4, -0.2) is 76.8 Å². The highest BCUT2D eigenvalue weighted by Crippen LogP contribution is 2.65. The average molecular weight is 508 g/mol. The molecule has 2 fully saturated rings. The van der Waals surface area contributed by atoms with Gasteiger partial charge in [0.15, 0.2) is 33.5 Å². The van der Waals surface area contributed by atoms with E-state index in [0.29, 0.717) is 24.5 Å². The molecule has 2 heterocycles. The molecule has 5 rings (SSSR count). The first-order chi connectivity index (χ1) is 15.5. The first-order valence-electron chi connectivity index (χ1n) is 11.1. The van der Waals surface area contributed by atoms with Crippen molar-refractivity contribution in [2.45, 2.75) is 68.2 Å². The van der Waals surface area contributed by atoms with Gasteiger partial charge in [-0.3, -0.25) is 4.79 Å². The largest absolute Gasteiger partial charge is 0.741 e. The van der Waals surface area contributed by atoms with Gasteiger partial charge < -0.3 is 24.0 Å². The fourth-order valence-electron chi connectivity index (χ4n) is 6.88. The summed E-state index contributed by atoms with van der Waals surface area (Å²) in [4.78, 5) is 12.8. The number of phenols is 1. The Labute approximate surface area is 195 Å². The number of ether oxygens (including phenoxy) is 1. The minimum atomic E-state index is -6.09. The lowest BCUT2D eigenvalue weighted by atomic mass is 9.48. The van der Waals surface area contributed by atoms with Crippen molar-refractivity contribution in [1.29, 1.82) is 0 Å². The molecule has 0 radical (unpaired) electrons. The number of aromatic hydroxyl groups is 1. The number of benzene rings is 1. The highest BCUT2D eigenvalue weighted by molar-refractivity contribution is 7.86. The zero-order valence-corrected chi connectivity index (χ0v) is 19.9. The van der Waals surface area contributed by atoms with Gasteiger partial charge in [-0.1, -0.05) is 19.9 Å². The highest BCUT2D eigenvalue weighted by Gasteiger charge is 2.76. The molecule has 2 aliphatic carbocycles. The van der Waals surface area contributed by atoms with Gasteiger partial charge in [0.25, 0.3) is 0 Å². The zero-order chi connectivity index (χ0) is 25.5. The van der Waals surface area contributed by atoms with Gasteiger partial charge in [0, 0.05) is 30.7 Å². The van der Waals surface area contributed by atoms with E-state index in [1.807, 2.05) is 6.07 Å². The number of nitrogens with zero attached hydrogens (tertiary/aromatic N) is 1. The topological polar surface area (TPSA) is 124 Å². The molecule has 2 unspecified atom stereocenters. The number of carbonyl (C=O) groups excluding carboxylic acids is 1. The number of likely N-dealkylation sites (N-methyl/N-ethyl adjacent to an activating group) is 1. The molecule has 0 aromatic heterocycles. The van der Waals surface area contributed by atoms with E-state index in [1.165, 1.54) is 0 Å². The summed E-state index contributed by atoms with van der Waals surface area (Å²) >= 11 is 0. The first kappa shape index (κ1) is 25.2. The van der Waals surface area contributed by atoms with Gasteiger partial charge in [0.05, 0.1) is 25.6 Å². The summed E-state index contributed by atoms with van der Waals surface area (Å²) < 4.78 is 65.8. The summed E-state index contributed by atoms with van der Waals surface area (Å²) in [6.45, 7) is 6.41. The second-order valence-electron chi connectivity index (χ2n) is 10.5. The van der Waals surface area contributed by atoms with Gasteiger partial charge >= 0.3 is 5.51 Å². The summed E-state index contributed by atoms with van der Waals surface area (Å²) in [5.41, 5.74) is -5.24. The molecular weight excluding hydrogens is 479 g/mol. The van der Waals surface area contributed by atoms with Crippen molar-refractivity contribution in [3.8, 4) is 11.5 Å². The summed E-state index contributed by atoms with van der Waals surface area (Å²) in [5.74, 6) is 1.14. The Morgan fingerprint density at radius 2 is 1.91 bits per heavy atom. The van der Waals surface area contributed by atoms with Crippen LogP contribution in [0.2, 0.25) is 0 Å². The number of hydrogen-bond acceptors (Lipinski definition) is 7. The highest BCUT2D eigenvalue weighted by atomic mass is 32.2. The minimum absolute atomic E-state index is 0.0563. The van der Waals surface area contributed by atoms with Crippen molar-refractivity contribution < 1.29 is 50.4 Å². The number of quaternary nitrogens is 1. The van der Waals surface area contributed by atoms with Gasteiger partial charge in [0.1, 0.15) is 11.6 Å². The fourth-order valence-corrected chi connectivity index (χ4v) is 6.88. The monoisotopic (exact) mass is 507 g/mol. The van der Waals surface area contributed by atoms with Crippen LogP contribution in [0.1, 0.15) is 44.2 Å². The Balaban J connectivity index is 0.000000297. The van der Waals surface area contributed by atoms with Crippen LogP contribution in [0.25, 0.3) is 0 Å². The lowest BCUT2D eigenvalue weighted by Gasteiger charge is -2.64. The SMILES string of the molecule is CC(C)C[N+]1(C)CC[C@]23c4c5ccc(O)c4O[C@H]2C(=O)CCC3(O)[C@H]1C5.O=S(=O)([O-])C(F)(F)F. The molecule has 8 nitrogen and oxygen atoms in total. The normalized spacial score (nSPS) is 35.9. The lowest BCUT2D eigenvalue weighted by molar-refractivity contribution is -0.951. The number of piperidine rings is 1. The quantitative estimate of drug-likeness (QED) is 0.356. The second-order valence-corrected chi connectivity index (χ2v) is 11.8. The van der Waals surface area contributed by atoms with Crippen molar-refractivity contribution in [3.05, 3.63) is 23.3 Å². The minimum Gasteiger partial charge on any atom is -0.741 e. The van der Waals surface area contributed by atoms with Gasteiger partial charge in [-0.25, -0.2) is 8.42 Å². The predicted octanol–water partition coefficient (Wildman–Crippen LogP) is 1.97. The first-order valence-corrected chi connectivity index (χ1v) is 12.5. The summed E-state index contributed by atoms with van der Waals surface area (Å²) in [7, 11) is -3.82. The zero-order valence-electron chi connectivity index (χ0n) is 19.1. The van der Waals surface area contributed by atoms with Gasteiger partial charge in [0.2, 0.25) is 0 Å². The maximum atomic E-state index is 12.8. The van der Waals surface area contributed by atoms with Crippen LogP contribution in [0.5, 0.6) is 11.5 Å². The maximum Gasteiger partial charge on any atom is 0.485 e. The molecular formula is C22H28F3NO7S. The molecule has 190 valence electrons. The van der Waals surface area contributed by atoms with Crippen molar-refractivity contribution in [2.75, 3.05) is 20.1 Å². The number of alkyl halides is 3. The molecule has 1 aromatic carbocycles. The number of hydrogen-bond donors (Lipinski definition) is 2. The molecule has 2 bridgehead atoms. The number of phenolic OH excluding ortho intramolecular Hbond substituents is 1. The van der Waals surface area contributed by atoms with Crippen molar-refractivity contribution in [2.24, 2.45) is 5.92 Å². The Morgan fingerprint density at radius 3 is 2.47 bits per heavy atom. The van der Waals surface area contributed by atoms with E-state index in [9.17, 15) is 28.2 Å². The van der Waals surface area contributed by atoms with E-state index in [-0.39, 0.29) is 17.6 Å². The molecule has 2 N–H and O–H groups in total. The Bertz CT molecular complexity index is 1140. The third-order valence-electron chi connectivity index (χ3n) is 7.97. The van der Waals surface area contributed by atoms with Crippen molar-refractivity contribution in [3.63, 3.8) is 0 Å². The molecule has 1 spiro atoms. The summed E-state index contributed by atoms with van der Waals surface area (Å²) in [5, 5.41) is 22.5. The number of ketones is 1. The van der Waals surface area contributed by atoms with Crippen LogP contribution in [0, 0.1) is 5.92 Å². The van der Waals surface area contributed by atoms with E-state index >= 15 is 0 Å². The Kier molecular flexibility index (Phi) is 5.60. The van der Waals surface area contributed by atoms with Crippen LogP contribution in [0.15, 0.2) is 12.1 Å². The van der Waals surface area contributed by atoms with Gasteiger partial charge in [-0.2, -0.15) is 13.2 Å². The second kappa shape index (κ2) is 7.55. The number of likely N-dealkylation sites (tertiary alicyclic amines) is 1. The molecule has 0 amide bonds. The Morgan fingerprint density at radius 1 is 1.29 bits per heavy atom. The molecule has 4 aliphatic rings. The van der Waals surface area contributed by atoms with Crippen LogP contribution in [0.4, 0.5) is 13.2 Å². The standard InChI is InChI=1S/C21H27NO4.CHF3O3S/c1-12(2)11-22(3)9-8-20-17-13-4-5-14(23)18(17)26-19(20)15(24)6-7-21(20,25)16(22)10-13;2-1(3,4)8(5,6)7/h4-5,12,16,19,25H,6-11H2,1-3H3;(H,5,6,7)/t16-,19+,20+,21?,22?;/m1./s1. The van der Waals surface area contributed by atoms with E-state index in [0.717, 1.165) is 41.5 Å². The summed E-state index contributed by atoms with van der Waals surface area (Å²) in [6.07, 6.45) is 1.69. The van der Waals surface area contributed by atoms with E-state index < -0.39 is 32.7 Å². The van der Waals surface area contributed by atoms with Crippen LogP contribution in [0.3, 0.4) is 0 Å². The molecule has 12 heteroatoms. The molecule has 1 saturated carbocycles. The molecule has 5 atom stereocenters. The fraction of sp³-hybridized carbons (Fsp3) is 0.682. The van der Waals surface area contributed by atoms with Crippen molar-refractivity contribution in [1.82, 2.24) is 0 Å². The van der Waals surface area contributed by atoms with Gasteiger partial charge in [-0.05, 0) is 18.1 Å². The molecule has 34 heavy (non-hydrogen) atoms. The van der Waals surface area contributed by atoms with Gasteiger partial charge in [-0.15, -0.1) is 0 Å². The predicted molar refractivity (Wildman–Crippen MR) is 112 cm³/mol. The van der Waals surface area contributed by atoms with Crippen LogP contribution >= 0.6 is 0 Å². The molecule has 1 saturated heterocycles. The lowest BCUT2D eigenvalue weighted by Crippen LogP contribution is -2.81. The summed E-state index contributed by atoms with van der Waals surface area (Å²) in [6, 6.07) is 3.71. The number of aliphatic hydroxyl groups is 1. The number of rotatable bonds is 2. The van der Waals surface area contributed by atoms with E-state index in [1.54, 1.807) is 6.07 Å². The number of carbonyl (C=O) groups is 1. The maximum absolute atomic E-state index is 12.8. The number of Topliss-reactive ketones (excluding diaryl/α,β-unsaturated/α-hetero) is 1. The van der Waals surface area contributed by atoms with E-state index in [4.69, 9.17) is 17.7 Å². The third-order valence-corrected chi connectivity index (χ3v) is 8.54. The van der Waals surface area contributed by atoms with Crippen LogP contribution < -0.4 is 4.74 Å². The average Bonchev–Trinajstić information content (AvgIpc) is 3.05. The molecule has 2 aliphatic heterocycles. The smallest absolute Gasteiger partial charge is 0.485 e. The van der Waals surface area contributed by atoms with Crippen LogP contribution in [-0.2, 0) is 26.7 Å². The third kappa shape index (κ3) is 3.36. The molecule has 1 aromatic rings. The van der Waals surface area contributed by atoms with E-state index in [2.05, 4.69) is 20.9 Å².